The van der Waals surface area contributed by atoms with Crippen LogP contribution in [0.2, 0.25) is 0 Å². The second-order valence-corrected chi connectivity index (χ2v) is 14.5. The number of hydrogen-bond donors (Lipinski definition) is 0. The smallest absolute Gasteiger partial charge is 0.159 e. The average molecular weight is 667 g/mol. The fourth-order valence-electron chi connectivity index (χ4n) is 9.01. The van der Waals surface area contributed by atoms with Crippen LogP contribution in [-0.2, 0) is 5.41 Å². The lowest BCUT2D eigenvalue weighted by atomic mass is 9.82. The van der Waals surface area contributed by atoms with E-state index in [4.69, 9.17) is 4.42 Å². The van der Waals surface area contributed by atoms with E-state index in [1.807, 2.05) is 0 Å². The summed E-state index contributed by atoms with van der Waals surface area (Å²) in [5.41, 5.74) is 13.6. The first-order valence-corrected chi connectivity index (χ1v) is 18.0. The molecule has 0 bridgehead atoms. The van der Waals surface area contributed by atoms with Gasteiger partial charge in [-0.05, 0) is 82.1 Å². The Hall–Kier alpha value is -6.58. The third kappa shape index (κ3) is 3.96. The molecule has 0 N–H and O–H groups in total. The molecule has 246 valence electrons. The number of benzene rings is 8. The molecule has 0 amide bonds. The minimum Gasteiger partial charge on any atom is -0.454 e. The van der Waals surface area contributed by atoms with Gasteiger partial charge in [0.1, 0.15) is 5.58 Å². The molecule has 0 atom stereocenters. The van der Waals surface area contributed by atoms with E-state index in [2.05, 4.69) is 193 Å². The molecule has 8 aromatic carbocycles. The van der Waals surface area contributed by atoms with Gasteiger partial charge in [-0.1, -0.05) is 129 Å². The van der Waals surface area contributed by atoms with E-state index < -0.39 is 0 Å². The van der Waals surface area contributed by atoms with E-state index in [0.29, 0.717) is 0 Å². The molecule has 2 heterocycles. The maximum Gasteiger partial charge on any atom is 0.159 e. The molecule has 0 unspecified atom stereocenters. The highest BCUT2D eigenvalue weighted by molar-refractivity contribution is 6.21. The van der Waals surface area contributed by atoms with Crippen molar-refractivity contribution in [2.75, 3.05) is 4.90 Å². The summed E-state index contributed by atoms with van der Waals surface area (Å²) in [4.78, 5) is 2.42. The largest absolute Gasteiger partial charge is 0.454 e. The first-order chi connectivity index (χ1) is 25.6. The van der Waals surface area contributed by atoms with Crippen LogP contribution in [0.3, 0.4) is 0 Å². The zero-order valence-corrected chi connectivity index (χ0v) is 29.0. The summed E-state index contributed by atoms with van der Waals surface area (Å²) in [7, 11) is 0. The van der Waals surface area contributed by atoms with E-state index in [-0.39, 0.29) is 5.41 Å². The molecule has 10 aromatic rings. The maximum absolute atomic E-state index is 6.88. The van der Waals surface area contributed by atoms with Gasteiger partial charge in [0.25, 0.3) is 0 Å². The summed E-state index contributed by atoms with van der Waals surface area (Å²) >= 11 is 0. The number of hydrogen-bond acceptors (Lipinski definition) is 2. The summed E-state index contributed by atoms with van der Waals surface area (Å²) in [6.07, 6.45) is 0. The highest BCUT2D eigenvalue weighted by atomic mass is 16.3. The molecule has 0 fully saturated rings. The SMILES string of the molecule is CC1(C)c2ccccc2-c2c(N(c3ccc(-n4c5ccccc5c5ccccc54)cc3)c3cccc4c3oc3ccc5ccccc5c34)cccc21. The monoisotopic (exact) mass is 666 g/mol. The van der Waals surface area contributed by atoms with Crippen LogP contribution < -0.4 is 4.90 Å². The van der Waals surface area contributed by atoms with Crippen LogP contribution in [0, 0.1) is 0 Å². The van der Waals surface area contributed by atoms with Crippen LogP contribution in [0.4, 0.5) is 17.1 Å². The Morgan fingerprint density at radius 2 is 1.12 bits per heavy atom. The average Bonchev–Trinajstić information content (AvgIpc) is 3.82. The molecule has 11 rings (SSSR count). The zero-order valence-electron chi connectivity index (χ0n) is 29.0. The van der Waals surface area contributed by atoms with E-state index >= 15 is 0 Å². The molecule has 3 nitrogen and oxygen atoms in total. The Kier molecular flexibility index (Phi) is 6.01. The lowest BCUT2D eigenvalue weighted by Crippen LogP contribution is -2.16. The fourth-order valence-corrected chi connectivity index (χ4v) is 9.01. The number of rotatable bonds is 4. The quantitative estimate of drug-likeness (QED) is 0.186. The zero-order chi connectivity index (χ0) is 34.6. The van der Waals surface area contributed by atoms with E-state index in [9.17, 15) is 0 Å². The van der Waals surface area contributed by atoms with Gasteiger partial charge in [0.2, 0.25) is 0 Å². The number of fused-ring (bicyclic) bond motifs is 11. The molecule has 52 heavy (non-hydrogen) atoms. The summed E-state index contributed by atoms with van der Waals surface area (Å²) < 4.78 is 9.26. The lowest BCUT2D eigenvalue weighted by molar-refractivity contribution is 0.660. The topological polar surface area (TPSA) is 21.3 Å². The molecule has 0 saturated heterocycles. The standard InChI is InChI=1S/C49H34N2O/c1-49(2)39-19-8-5-17-37(39)47-40(49)20-12-23-43(47)51(44-24-11-18-38-46-34-14-4-3-13-31(34)25-30-45(46)52-48(38)44)33-28-26-32(27-29-33)50-41-21-9-6-15-35(41)36-16-7-10-22-42(36)50/h3-30H,1-2H3. The Labute approximate surface area is 301 Å². The van der Waals surface area contributed by atoms with Gasteiger partial charge in [-0.15, -0.1) is 0 Å². The van der Waals surface area contributed by atoms with Crippen LogP contribution in [0.5, 0.6) is 0 Å². The number of furan rings is 1. The number of aromatic nitrogens is 1. The Morgan fingerprint density at radius 1 is 0.500 bits per heavy atom. The molecule has 0 saturated carbocycles. The van der Waals surface area contributed by atoms with Gasteiger partial charge in [-0.2, -0.15) is 0 Å². The van der Waals surface area contributed by atoms with Gasteiger partial charge in [0, 0.05) is 43.9 Å². The fraction of sp³-hybridized carbons (Fsp3) is 0.0612. The van der Waals surface area contributed by atoms with Crippen molar-refractivity contribution in [1.29, 1.82) is 0 Å². The molecular formula is C49H34N2O. The van der Waals surface area contributed by atoms with Crippen molar-refractivity contribution in [3.63, 3.8) is 0 Å². The minimum atomic E-state index is -0.127. The summed E-state index contributed by atoms with van der Waals surface area (Å²) in [6.45, 7) is 4.69. The predicted molar refractivity (Wildman–Crippen MR) is 218 cm³/mol. The molecule has 1 aliphatic carbocycles. The Balaban J connectivity index is 1.18. The van der Waals surface area contributed by atoms with Crippen molar-refractivity contribution in [3.8, 4) is 16.8 Å². The molecule has 2 aromatic heterocycles. The molecule has 3 heteroatoms. The van der Waals surface area contributed by atoms with Crippen molar-refractivity contribution < 1.29 is 4.42 Å². The third-order valence-electron chi connectivity index (χ3n) is 11.4. The van der Waals surface area contributed by atoms with Gasteiger partial charge >= 0.3 is 0 Å². The molecule has 0 aliphatic heterocycles. The number of nitrogens with zero attached hydrogens (tertiary/aromatic N) is 2. The van der Waals surface area contributed by atoms with Crippen LogP contribution in [0.15, 0.2) is 174 Å². The van der Waals surface area contributed by atoms with Gasteiger partial charge in [-0.25, -0.2) is 0 Å². The maximum atomic E-state index is 6.88. The summed E-state index contributed by atoms with van der Waals surface area (Å²) in [5.74, 6) is 0. The van der Waals surface area contributed by atoms with Crippen molar-refractivity contribution in [3.05, 3.63) is 181 Å². The second-order valence-electron chi connectivity index (χ2n) is 14.5. The highest BCUT2D eigenvalue weighted by Crippen LogP contribution is 2.55. The van der Waals surface area contributed by atoms with Gasteiger partial charge < -0.3 is 13.9 Å². The van der Waals surface area contributed by atoms with E-state index in [0.717, 1.165) is 44.7 Å². The summed E-state index contributed by atoms with van der Waals surface area (Å²) in [5, 5.41) is 7.20. The third-order valence-corrected chi connectivity index (χ3v) is 11.4. The van der Waals surface area contributed by atoms with Crippen molar-refractivity contribution in [1.82, 2.24) is 4.57 Å². The van der Waals surface area contributed by atoms with Crippen LogP contribution >= 0.6 is 0 Å². The van der Waals surface area contributed by atoms with Gasteiger partial charge in [0.05, 0.1) is 22.4 Å². The van der Waals surface area contributed by atoms with Crippen molar-refractivity contribution in [2.24, 2.45) is 0 Å². The van der Waals surface area contributed by atoms with E-state index in [1.54, 1.807) is 0 Å². The minimum absolute atomic E-state index is 0.127. The first-order valence-electron chi connectivity index (χ1n) is 18.0. The van der Waals surface area contributed by atoms with Crippen molar-refractivity contribution >= 4 is 71.6 Å². The van der Waals surface area contributed by atoms with E-state index in [1.165, 1.54) is 54.8 Å². The van der Waals surface area contributed by atoms with Crippen LogP contribution in [0.25, 0.3) is 71.3 Å². The Bertz CT molecular complexity index is 3000. The Morgan fingerprint density at radius 3 is 1.90 bits per heavy atom. The number of anilines is 3. The molecule has 1 aliphatic rings. The van der Waals surface area contributed by atoms with Crippen LogP contribution in [0.1, 0.15) is 25.0 Å². The second kappa shape index (κ2) is 10.7. The van der Waals surface area contributed by atoms with Gasteiger partial charge in [0.15, 0.2) is 5.58 Å². The molecule has 0 radical (unpaired) electrons. The predicted octanol–water partition coefficient (Wildman–Crippen LogP) is 13.6. The normalized spacial score (nSPS) is 13.3. The van der Waals surface area contributed by atoms with Crippen molar-refractivity contribution in [2.45, 2.75) is 19.3 Å². The summed E-state index contributed by atoms with van der Waals surface area (Å²) in [6, 6.07) is 61.6. The van der Waals surface area contributed by atoms with Gasteiger partial charge in [-0.3, -0.25) is 0 Å². The molecular weight excluding hydrogens is 633 g/mol. The van der Waals surface area contributed by atoms with Crippen LogP contribution in [-0.4, -0.2) is 4.57 Å². The first kappa shape index (κ1) is 29.2. The highest BCUT2D eigenvalue weighted by Gasteiger charge is 2.38. The molecule has 0 spiro atoms. The lowest BCUT2D eigenvalue weighted by Gasteiger charge is -2.29. The number of para-hydroxylation sites is 3.